The van der Waals surface area contributed by atoms with Gasteiger partial charge in [-0.25, -0.2) is 9.37 Å². The highest BCUT2D eigenvalue weighted by atomic mass is 19.1. The van der Waals surface area contributed by atoms with E-state index in [9.17, 15) is 9.18 Å². The number of fused-ring (bicyclic) bond motifs is 1. The van der Waals surface area contributed by atoms with Gasteiger partial charge in [-0.05, 0) is 35.4 Å². The summed E-state index contributed by atoms with van der Waals surface area (Å²) in [6, 6.07) is 10.1. The third-order valence-electron chi connectivity index (χ3n) is 4.22. The molecular formula is C19H15FN4O2. The molecule has 0 fully saturated rings. The molecule has 26 heavy (non-hydrogen) atoms. The average Bonchev–Trinajstić information content (AvgIpc) is 3.19. The quantitative estimate of drug-likeness (QED) is 0.614. The molecule has 0 amide bonds. The number of hydrogen-bond donors (Lipinski definition) is 1. The van der Waals surface area contributed by atoms with Gasteiger partial charge >= 0.3 is 0 Å². The van der Waals surface area contributed by atoms with Gasteiger partial charge in [0.15, 0.2) is 11.6 Å². The van der Waals surface area contributed by atoms with Crippen LogP contribution in [0, 0.1) is 5.82 Å². The second kappa shape index (κ2) is 6.44. The molecule has 0 aliphatic heterocycles. The maximum absolute atomic E-state index is 13.9. The van der Waals surface area contributed by atoms with Gasteiger partial charge in [0.25, 0.3) is 5.56 Å². The van der Waals surface area contributed by atoms with Crippen molar-refractivity contribution in [1.29, 1.82) is 0 Å². The molecule has 2 heterocycles. The summed E-state index contributed by atoms with van der Waals surface area (Å²) < 4.78 is 20.3. The fraction of sp³-hybridized carbons (Fsp3) is 0.105. The zero-order chi connectivity index (χ0) is 18.1. The number of H-pyrrole nitrogens is 1. The Hall–Kier alpha value is -3.48. The van der Waals surface area contributed by atoms with Gasteiger partial charge in [0, 0.05) is 11.8 Å². The number of halogens is 1. The Labute approximate surface area is 147 Å². The molecule has 4 rings (SSSR count). The molecule has 4 aromatic rings. The van der Waals surface area contributed by atoms with E-state index >= 15 is 0 Å². The molecule has 0 radical (unpaired) electrons. The summed E-state index contributed by atoms with van der Waals surface area (Å²) in [5, 5.41) is 7.18. The molecule has 6 nitrogen and oxygen atoms in total. The molecule has 7 heteroatoms. The van der Waals surface area contributed by atoms with Crippen molar-refractivity contribution in [3.05, 3.63) is 76.9 Å². The van der Waals surface area contributed by atoms with Crippen molar-refractivity contribution in [2.24, 2.45) is 0 Å². The van der Waals surface area contributed by atoms with Crippen molar-refractivity contribution in [2.75, 3.05) is 7.11 Å². The van der Waals surface area contributed by atoms with Crippen LogP contribution < -0.4 is 10.3 Å². The number of benzene rings is 2. The number of aromatic amines is 1. The number of nitrogens with zero attached hydrogens (tertiary/aromatic N) is 3. The van der Waals surface area contributed by atoms with E-state index in [0.29, 0.717) is 16.5 Å². The Morgan fingerprint density at radius 1 is 1.19 bits per heavy atom. The third-order valence-corrected chi connectivity index (χ3v) is 4.22. The van der Waals surface area contributed by atoms with Crippen LogP contribution in [0.25, 0.3) is 22.0 Å². The molecule has 0 saturated carbocycles. The molecule has 0 saturated heterocycles. The third kappa shape index (κ3) is 2.83. The van der Waals surface area contributed by atoms with E-state index in [1.54, 1.807) is 36.7 Å². The van der Waals surface area contributed by atoms with Gasteiger partial charge in [-0.15, -0.1) is 0 Å². The van der Waals surface area contributed by atoms with E-state index in [1.807, 2.05) is 6.07 Å². The molecule has 2 aromatic carbocycles. The number of ether oxygens (including phenoxy) is 1. The minimum atomic E-state index is -0.464. The van der Waals surface area contributed by atoms with Crippen LogP contribution in [0.1, 0.15) is 5.56 Å². The molecule has 0 atom stereocenters. The summed E-state index contributed by atoms with van der Waals surface area (Å²) in [7, 11) is 1.41. The van der Waals surface area contributed by atoms with Gasteiger partial charge in [-0.3, -0.25) is 14.5 Å². The van der Waals surface area contributed by atoms with Crippen LogP contribution in [0.3, 0.4) is 0 Å². The van der Waals surface area contributed by atoms with Crippen molar-refractivity contribution in [2.45, 2.75) is 6.54 Å². The van der Waals surface area contributed by atoms with E-state index < -0.39 is 5.82 Å². The van der Waals surface area contributed by atoms with Crippen LogP contribution in [0.4, 0.5) is 4.39 Å². The lowest BCUT2D eigenvalue weighted by Gasteiger charge is -2.09. The molecule has 1 N–H and O–H groups in total. The Bertz CT molecular complexity index is 1140. The fourth-order valence-electron chi connectivity index (χ4n) is 2.86. The lowest BCUT2D eigenvalue weighted by atomic mass is 10.1. The molecule has 0 bridgehead atoms. The number of aromatic nitrogens is 4. The highest BCUT2D eigenvalue weighted by Crippen LogP contribution is 2.21. The maximum Gasteiger partial charge on any atom is 0.261 e. The van der Waals surface area contributed by atoms with Crippen molar-refractivity contribution >= 4 is 10.9 Å². The predicted octanol–water partition coefficient (Wildman–Crippen LogP) is 2.98. The van der Waals surface area contributed by atoms with Crippen molar-refractivity contribution in [3.8, 4) is 16.9 Å². The Morgan fingerprint density at radius 2 is 2.08 bits per heavy atom. The van der Waals surface area contributed by atoms with Crippen LogP contribution in [0.15, 0.2) is 59.9 Å². The first-order valence-corrected chi connectivity index (χ1v) is 7.96. The summed E-state index contributed by atoms with van der Waals surface area (Å²) in [4.78, 5) is 17.2. The molecule has 0 unspecified atom stereocenters. The van der Waals surface area contributed by atoms with E-state index in [1.165, 1.54) is 24.1 Å². The van der Waals surface area contributed by atoms with E-state index in [4.69, 9.17) is 4.74 Å². The first kappa shape index (κ1) is 16.0. The van der Waals surface area contributed by atoms with Crippen molar-refractivity contribution < 1.29 is 9.13 Å². The van der Waals surface area contributed by atoms with Crippen LogP contribution in [0.5, 0.6) is 5.75 Å². The summed E-state index contributed by atoms with van der Waals surface area (Å²) in [5.41, 5.74) is 2.84. The fourth-order valence-corrected chi connectivity index (χ4v) is 2.86. The Kier molecular flexibility index (Phi) is 3.96. The normalized spacial score (nSPS) is 11.0. The van der Waals surface area contributed by atoms with Gasteiger partial charge < -0.3 is 4.74 Å². The molecule has 2 aromatic heterocycles. The van der Waals surface area contributed by atoms with Gasteiger partial charge in [-0.1, -0.05) is 12.1 Å². The molecule has 0 aliphatic carbocycles. The first-order valence-electron chi connectivity index (χ1n) is 7.96. The number of nitrogens with one attached hydrogen (secondary N) is 1. The van der Waals surface area contributed by atoms with Crippen LogP contribution >= 0.6 is 0 Å². The lowest BCUT2D eigenvalue weighted by Crippen LogP contribution is -2.21. The Morgan fingerprint density at radius 3 is 2.81 bits per heavy atom. The molecular weight excluding hydrogens is 335 g/mol. The summed E-state index contributed by atoms with van der Waals surface area (Å²) in [6.07, 6.45) is 4.93. The number of methoxy groups -OCH3 is 1. The molecule has 0 spiro atoms. The zero-order valence-corrected chi connectivity index (χ0v) is 13.9. The number of rotatable bonds is 4. The highest BCUT2D eigenvalue weighted by molar-refractivity contribution is 5.83. The predicted molar refractivity (Wildman–Crippen MR) is 95.6 cm³/mol. The van der Waals surface area contributed by atoms with E-state index in [-0.39, 0.29) is 17.9 Å². The monoisotopic (exact) mass is 350 g/mol. The maximum atomic E-state index is 13.9. The van der Waals surface area contributed by atoms with Crippen molar-refractivity contribution in [3.63, 3.8) is 0 Å². The second-order valence-corrected chi connectivity index (χ2v) is 5.87. The van der Waals surface area contributed by atoms with Crippen LogP contribution in [0.2, 0.25) is 0 Å². The largest absolute Gasteiger partial charge is 0.494 e. The lowest BCUT2D eigenvalue weighted by molar-refractivity contribution is 0.386. The molecule has 0 aliphatic rings. The summed E-state index contributed by atoms with van der Waals surface area (Å²) >= 11 is 0. The Balaban J connectivity index is 1.75. The standard InChI is InChI=1S/C19H15FN4O2/c1-26-18-5-2-12(6-16(18)20)10-24-11-21-17-4-3-13(7-15(17)19(24)25)14-8-22-23-9-14/h2-9,11H,10H2,1H3,(H,22,23). The minimum Gasteiger partial charge on any atom is -0.494 e. The first-order chi connectivity index (χ1) is 12.7. The molecule has 130 valence electrons. The van der Waals surface area contributed by atoms with Crippen LogP contribution in [-0.4, -0.2) is 26.9 Å². The van der Waals surface area contributed by atoms with Gasteiger partial charge in [-0.2, -0.15) is 5.10 Å². The van der Waals surface area contributed by atoms with E-state index in [0.717, 1.165) is 11.1 Å². The summed E-state index contributed by atoms with van der Waals surface area (Å²) in [6.45, 7) is 0.221. The van der Waals surface area contributed by atoms with E-state index in [2.05, 4.69) is 15.2 Å². The van der Waals surface area contributed by atoms with Crippen LogP contribution in [-0.2, 0) is 6.54 Å². The van der Waals surface area contributed by atoms with Gasteiger partial charge in [0.05, 0.1) is 37.1 Å². The highest BCUT2D eigenvalue weighted by Gasteiger charge is 2.09. The SMILES string of the molecule is COc1ccc(Cn2cnc3ccc(-c4cn[nH]c4)cc3c2=O)cc1F. The second-order valence-electron chi connectivity index (χ2n) is 5.87. The van der Waals surface area contributed by atoms with Crippen molar-refractivity contribution in [1.82, 2.24) is 19.7 Å². The van der Waals surface area contributed by atoms with Gasteiger partial charge in [0.1, 0.15) is 0 Å². The minimum absolute atomic E-state index is 0.169. The topological polar surface area (TPSA) is 72.8 Å². The number of hydrogen-bond acceptors (Lipinski definition) is 4. The smallest absolute Gasteiger partial charge is 0.261 e. The average molecular weight is 350 g/mol. The van der Waals surface area contributed by atoms with Gasteiger partial charge in [0.2, 0.25) is 0 Å². The zero-order valence-electron chi connectivity index (χ0n) is 13.9. The summed E-state index contributed by atoms with van der Waals surface area (Å²) in [5.74, 6) is -0.295.